The third kappa shape index (κ3) is 2.75. The molecule has 1 aromatic carbocycles. The lowest BCUT2D eigenvalue weighted by Crippen LogP contribution is -2.24. The molecular weight excluding hydrogens is 291 g/mol. The van der Waals surface area contributed by atoms with Crippen molar-refractivity contribution in [3.8, 4) is 0 Å². The van der Waals surface area contributed by atoms with E-state index in [0.29, 0.717) is 0 Å². The molecule has 1 heterocycles. The van der Waals surface area contributed by atoms with Crippen LogP contribution in [-0.2, 0) is 6.54 Å². The predicted molar refractivity (Wildman–Crippen MR) is 70.1 cm³/mol. The van der Waals surface area contributed by atoms with Crippen LogP contribution in [0.4, 0.5) is 15.8 Å². The molecule has 0 unspecified atom stereocenters. The van der Waals surface area contributed by atoms with Gasteiger partial charge < -0.3 is 5.73 Å². The fraction of sp³-hybridized carbons (Fsp3) is 0.0909. The summed E-state index contributed by atoms with van der Waals surface area (Å²) < 4.78 is 14.4. The van der Waals surface area contributed by atoms with E-state index in [-0.39, 0.29) is 22.9 Å². The minimum Gasteiger partial charge on any atom is -0.392 e. The summed E-state index contributed by atoms with van der Waals surface area (Å²) in [5.41, 5.74) is 4.44. The number of hydrogen-bond donors (Lipinski definition) is 1. The van der Waals surface area contributed by atoms with Gasteiger partial charge in [0.15, 0.2) is 5.15 Å². The largest absolute Gasteiger partial charge is 0.392 e. The molecule has 0 radical (unpaired) electrons. The van der Waals surface area contributed by atoms with E-state index in [0.717, 1.165) is 23.0 Å². The maximum atomic E-state index is 13.3. The highest BCUT2D eigenvalue weighted by Crippen LogP contribution is 2.17. The Labute approximate surface area is 116 Å². The van der Waals surface area contributed by atoms with E-state index in [9.17, 15) is 19.3 Å². The molecule has 7 nitrogen and oxygen atoms in total. The Balaban J connectivity index is 2.43. The normalized spacial score (nSPS) is 10.5. The number of nitro benzene ring substituents is 1. The summed E-state index contributed by atoms with van der Waals surface area (Å²) >= 11 is 5.58. The number of aromatic nitrogens is 2. The van der Waals surface area contributed by atoms with Gasteiger partial charge in [-0.05, 0) is 11.6 Å². The van der Waals surface area contributed by atoms with Gasteiger partial charge in [0.2, 0.25) is 0 Å². The highest BCUT2D eigenvalue weighted by molar-refractivity contribution is 6.31. The molecule has 9 heteroatoms. The zero-order valence-corrected chi connectivity index (χ0v) is 10.7. The van der Waals surface area contributed by atoms with Gasteiger partial charge in [-0.2, -0.15) is 0 Å². The minimum absolute atomic E-state index is 0.105. The first-order valence-corrected chi connectivity index (χ1v) is 5.70. The van der Waals surface area contributed by atoms with E-state index in [2.05, 4.69) is 4.98 Å². The number of rotatable bonds is 3. The van der Waals surface area contributed by atoms with Crippen LogP contribution in [0, 0.1) is 15.9 Å². The van der Waals surface area contributed by atoms with Gasteiger partial charge in [-0.1, -0.05) is 11.6 Å². The molecular formula is C11H8ClFN4O3. The third-order valence-corrected chi connectivity index (χ3v) is 2.83. The van der Waals surface area contributed by atoms with Crippen LogP contribution in [-0.4, -0.2) is 14.5 Å². The Hall–Kier alpha value is -2.48. The highest BCUT2D eigenvalue weighted by Gasteiger charge is 2.12. The summed E-state index contributed by atoms with van der Waals surface area (Å²) in [5, 5.41) is 10.5. The van der Waals surface area contributed by atoms with E-state index < -0.39 is 22.0 Å². The molecule has 0 aliphatic rings. The Morgan fingerprint density at radius 2 is 2.15 bits per heavy atom. The SMILES string of the molecule is Nc1c(Cl)ncn(Cc2cc(F)cc([N+](=O)[O-])c2)c1=O. The second kappa shape index (κ2) is 5.25. The van der Waals surface area contributed by atoms with E-state index in [1.807, 2.05) is 0 Å². The number of nitrogens with zero attached hydrogens (tertiary/aromatic N) is 3. The number of nitrogen functional groups attached to an aromatic ring is 1. The lowest BCUT2D eigenvalue weighted by atomic mass is 10.2. The highest BCUT2D eigenvalue weighted by atomic mass is 35.5. The van der Waals surface area contributed by atoms with Gasteiger partial charge in [0.05, 0.1) is 23.9 Å². The number of nitro groups is 1. The van der Waals surface area contributed by atoms with E-state index >= 15 is 0 Å². The smallest absolute Gasteiger partial charge is 0.278 e. The van der Waals surface area contributed by atoms with Crippen molar-refractivity contribution in [1.82, 2.24) is 9.55 Å². The van der Waals surface area contributed by atoms with Crippen molar-refractivity contribution in [3.63, 3.8) is 0 Å². The van der Waals surface area contributed by atoms with Crippen LogP contribution in [0.2, 0.25) is 5.15 Å². The minimum atomic E-state index is -0.767. The van der Waals surface area contributed by atoms with Crippen LogP contribution < -0.4 is 11.3 Å². The van der Waals surface area contributed by atoms with Crippen LogP contribution in [0.15, 0.2) is 29.3 Å². The van der Waals surface area contributed by atoms with Crippen LogP contribution in [0.5, 0.6) is 0 Å². The molecule has 0 amide bonds. The van der Waals surface area contributed by atoms with Gasteiger partial charge in [-0.25, -0.2) is 9.37 Å². The van der Waals surface area contributed by atoms with Crippen molar-refractivity contribution in [2.24, 2.45) is 0 Å². The van der Waals surface area contributed by atoms with Crippen molar-refractivity contribution in [3.05, 3.63) is 61.5 Å². The van der Waals surface area contributed by atoms with E-state index in [1.165, 1.54) is 6.07 Å². The molecule has 0 saturated carbocycles. The topological polar surface area (TPSA) is 104 Å². The maximum absolute atomic E-state index is 13.3. The molecule has 104 valence electrons. The van der Waals surface area contributed by atoms with Crippen LogP contribution in [0.3, 0.4) is 0 Å². The summed E-state index contributed by atoms with van der Waals surface area (Å²) in [6.45, 7) is -0.105. The number of nitrogens with two attached hydrogens (primary N) is 1. The average Bonchev–Trinajstić information content (AvgIpc) is 2.39. The molecule has 0 spiro atoms. The first-order valence-electron chi connectivity index (χ1n) is 5.32. The molecule has 0 fully saturated rings. The first kappa shape index (κ1) is 13.9. The van der Waals surface area contributed by atoms with Gasteiger partial charge in [0.1, 0.15) is 11.5 Å². The van der Waals surface area contributed by atoms with Crippen LogP contribution in [0.1, 0.15) is 5.56 Å². The van der Waals surface area contributed by atoms with Crippen molar-refractivity contribution < 1.29 is 9.31 Å². The van der Waals surface area contributed by atoms with Crippen molar-refractivity contribution in [2.75, 3.05) is 5.73 Å². The number of hydrogen-bond acceptors (Lipinski definition) is 5. The average molecular weight is 299 g/mol. The lowest BCUT2D eigenvalue weighted by Gasteiger charge is -2.07. The predicted octanol–water partition coefficient (Wildman–Crippen LogP) is 1.57. The lowest BCUT2D eigenvalue weighted by molar-refractivity contribution is -0.385. The summed E-state index contributed by atoms with van der Waals surface area (Å²) in [5.74, 6) is -0.767. The molecule has 0 aliphatic heterocycles. The first-order chi connectivity index (χ1) is 9.38. The molecule has 20 heavy (non-hydrogen) atoms. The molecule has 0 atom stereocenters. The van der Waals surface area contributed by atoms with Crippen LogP contribution >= 0.6 is 11.6 Å². The van der Waals surface area contributed by atoms with Crippen LogP contribution in [0.25, 0.3) is 0 Å². The number of non-ortho nitro benzene ring substituents is 1. The monoisotopic (exact) mass is 298 g/mol. The second-order valence-electron chi connectivity index (χ2n) is 3.96. The van der Waals surface area contributed by atoms with Gasteiger partial charge in [0.25, 0.3) is 11.2 Å². The summed E-state index contributed by atoms with van der Waals surface area (Å²) in [7, 11) is 0. The second-order valence-corrected chi connectivity index (χ2v) is 4.31. The van der Waals surface area contributed by atoms with Gasteiger partial charge in [-0.15, -0.1) is 0 Å². The Bertz CT molecular complexity index is 747. The molecule has 0 bridgehead atoms. The fourth-order valence-electron chi connectivity index (χ4n) is 1.62. The third-order valence-electron chi connectivity index (χ3n) is 2.53. The molecule has 0 aliphatic carbocycles. The molecule has 2 N–H and O–H groups in total. The fourth-order valence-corrected chi connectivity index (χ4v) is 1.75. The zero-order chi connectivity index (χ0) is 14.9. The van der Waals surface area contributed by atoms with Crippen molar-refractivity contribution in [1.29, 1.82) is 0 Å². The zero-order valence-electron chi connectivity index (χ0n) is 9.92. The van der Waals surface area contributed by atoms with Crippen molar-refractivity contribution in [2.45, 2.75) is 6.54 Å². The van der Waals surface area contributed by atoms with E-state index in [1.54, 1.807) is 0 Å². The summed E-state index contributed by atoms with van der Waals surface area (Å²) in [6.07, 6.45) is 1.14. The molecule has 1 aromatic heterocycles. The Morgan fingerprint density at radius 3 is 2.80 bits per heavy atom. The summed E-state index contributed by atoms with van der Waals surface area (Å²) in [4.78, 5) is 25.4. The number of benzene rings is 1. The number of halogens is 2. The standard InChI is InChI=1S/C11H8ClFN4O3/c12-10-9(14)11(18)16(5-15-10)4-6-1-7(13)3-8(2-6)17(19)20/h1-3,5H,4,14H2. The Kier molecular flexibility index (Phi) is 3.66. The molecule has 2 rings (SSSR count). The number of anilines is 1. The Morgan fingerprint density at radius 1 is 1.45 bits per heavy atom. The van der Waals surface area contributed by atoms with Gasteiger partial charge >= 0.3 is 0 Å². The molecule has 0 saturated heterocycles. The molecule has 2 aromatic rings. The van der Waals surface area contributed by atoms with Crippen molar-refractivity contribution >= 4 is 23.0 Å². The summed E-state index contributed by atoms with van der Waals surface area (Å²) in [6, 6.07) is 3.05. The quantitative estimate of drug-likeness (QED) is 0.526. The van der Waals surface area contributed by atoms with Gasteiger partial charge in [0, 0.05) is 6.07 Å². The maximum Gasteiger partial charge on any atom is 0.278 e. The van der Waals surface area contributed by atoms with E-state index in [4.69, 9.17) is 17.3 Å². The van der Waals surface area contributed by atoms with Gasteiger partial charge in [-0.3, -0.25) is 19.5 Å².